The number of carbonyl (C=O) groups is 1. The molecule has 25 heavy (non-hydrogen) atoms. The number of benzene rings is 1. The maximum absolute atomic E-state index is 12.5. The fraction of sp³-hybridized carbons (Fsp3) is 0.368. The number of aryl methyl sites for hydroxylation is 1. The number of para-hydroxylation sites is 1. The van der Waals surface area contributed by atoms with Crippen molar-refractivity contribution < 1.29 is 14.3 Å². The molecule has 0 radical (unpaired) electrons. The maximum atomic E-state index is 12.5. The van der Waals surface area contributed by atoms with Crippen LogP contribution in [0.25, 0.3) is 0 Å². The zero-order valence-corrected chi connectivity index (χ0v) is 14.2. The molecule has 3 rings (SSSR count). The first-order valence-corrected chi connectivity index (χ1v) is 8.48. The highest BCUT2D eigenvalue weighted by Crippen LogP contribution is 2.18. The van der Waals surface area contributed by atoms with Crippen molar-refractivity contribution in [2.24, 2.45) is 0 Å². The standard InChI is InChI=1S/C19H22N2O4/c1-2-21-10-8-14(12-18(21)22)19(23)20-16-13-24-11-9-17(16)25-15-6-4-3-5-7-15/h3-8,10,12,16-17H,2,9,11,13H2,1H3,(H,20,23)/t16-,17+/m1/s1. The van der Waals surface area contributed by atoms with Crippen LogP contribution >= 0.6 is 0 Å². The van der Waals surface area contributed by atoms with E-state index in [1.807, 2.05) is 37.3 Å². The number of carbonyl (C=O) groups excluding carboxylic acids is 1. The molecule has 1 aliphatic rings. The van der Waals surface area contributed by atoms with Crippen LogP contribution in [0.2, 0.25) is 0 Å². The number of ether oxygens (including phenoxy) is 2. The molecular weight excluding hydrogens is 320 g/mol. The van der Waals surface area contributed by atoms with Gasteiger partial charge in [-0.25, -0.2) is 0 Å². The van der Waals surface area contributed by atoms with Crippen molar-refractivity contribution in [3.05, 3.63) is 64.6 Å². The Bertz CT molecular complexity index is 772. The first-order valence-electron chi connectivity index (χ1n) is 8.48. The fourth-order valence-corrected chi connectivity index (χ4v) is 2.83. The van der Waals surface area contributed by atoms with E-state index >= 15 is 0 Å². The molecule has 0 bridgehead atoms. The van der Waals surface area contributed by atoms with Crippen LogP contribution in [0.15, 0.2) is 53.5 Å². The first kappa shape index (κ1) is 17.2. The molecule has 6 heteroatoms. The average Bonchev–Trinajstić information content (AvgIpc) is 2.64. The van der Waals surface area contributed by atoms with E-state index in [1.165, 1.54) is 6.07 Å². The molecule has 2 aromatic rings. The Hall–Kier alpha value is -2.60. The minimum atomic E-state index is -0.294. The smallest absolute Gasteiger partial charge is 0.251 e. The van der Waals surface area contributed by atoms with Crippen molar-refractivity contribution in [1.29, 1.82) is 0 Å². The number of hydrogen-bond donors (Lipinski definition) is 1. The Kier molecular flexibility index (Phi) is 5.50. The molecule has 6 nitrogen and oxygen atoms in total. The molecule has 0 saturated carbocycles. The van der Waals surface area contributed by atoms with Crippen LogP contribution in [-0.4, -0.2) is 35.8 Å². The van der Waals surface area contributed by atoms with Crippen molar-refractivity contribution in [3.8, 4) is 5.75 Å². The van der Waals surface area contributed by atoms with Crippen molar-refractivity contribution in [2.45, 2.75) is 32.0 Å². The number of pyridine rings is 1. The predicted molar refractivity (Wildman–Crippen MR) is 93.9 cm³/mol. The molecule has 1 aromatic heterocycles. The van der Waals surface area contributed by atoms with Crippen LogP contribution in [0.4, 0.5) is 0 Å². The van der Waals surface area contributed by atoms with E-state index < -0.39 is 0 Å². The Balaban J connectivity index is 1.69. The zero-order chi connectivity index (χ0) is 17.6. The summed E-state index contributed by atoms with van der Waals surface area (Å²) in [7, 11) is 0. The molecule has 132 valence electrons. The number of nitrogens with one attached hydrogen (secondary N) is 1. The van der Waals surface area contributed by atoms with Gasteiger partial charge in [0.1, 0.15) is 11.9 Å². The lowest BCUT2D eigenvalue weighted by atomic mass is 10.1. The molecule has 1 amide bonds. The van der Waals surface area contributed by atoms with Crippen LogP contribution in [-0.2, 0) is 11.3 Å². The molecule has 1 aliphatic heterocycles. The van der Waals surface area contributed by atoms with E-state index in [1.54, 1.807) is 16.8 Å². The summed E-state index contributed by atoms with van der Waals surface area (Å²) in [6.07, 6.45) is 2.15. The molecule has 1 N–H and O–H groups in total. The number of hydrogen-bond acceptors (Lipinski definition) is 4. The molecule has 0 spiro atoms. The van der Waals surface area contributed by atoms with Gasteiger partial charge in [-0.15, -0.1) is 0 Å². The lowest BCUT2D eigenvalue weighted by Crippen LogP contribution is -2.52. The zero-order valence-electron chi connectivity index (χ0n) is 14.2. The van der Waals surface area contributed by atoms with Gasteiger partial charge in [0.15, 0.2) is 0 Å². The van der Waals surface area contributed by atoms with E-state index in [2.05, 4.69) is 5.32 Å². The minimum absolute atomic E-state index is 0.170. The molecule has 1 aromatic carbocycles. The third kappa shape index (κ3) is 4.28. The van der Waals surface area contributed by atoms with E-state index in [-0.39, 0.29) is 23.6 Å². The summed E-state index contributed by atoms with van der Waals surface area (Å²) in [6, 6.07) is 12.3. The van der Waals surface area contributed by atoms with Gasteiger partial charge < -0.3 is 19.4 Å². The largest absolute Gasteiger partial charge is 0.488 e. The van der Waals surface area contributed by atoms with Crippen molar-refractivity contribution in [1.82, 2.24) is 9.88 Å². The van der Waals surface area contributed by atoms with Crippen LogP contribution in [0.1, 0.15) is 23.7 Å². The van der Waals surface area contributed by atoms with Gasteiger partial charge in [-0.3, -0.25) is 9.59 Å². The Labute approximate surface area is 146 Å². The van der Waals surface area contributed by atoms with Crippen molar-refractivity contribution >= 4 is 5.91 Å². The third-order valence-corrected chi connectivity index (χ3v) is 4.24. The van der Waals surface area contributed by atoms with E-state index in [0.717, 1.165) is 5.75 Å². The average molecular weight is 342 g/mol. The lowest BCUT2D eigenvalue weighted by Gasteiger charge is -2.32. The van der Waals surface area contributed by atoms with Gasteiger partial charge >= 0.3 is 0 Å². The van der Waals surface area contributed by atoms with Crippen LogP contribution < -0.4 is 15.6 Å². The van der Waals surface area contributed by atoms with Gasteiger partial charge in [0, 0.05) is 30.8 Å². The second kappa shape index (κ2) is 7.98. The number of rotatable bonds is 5. The van der Waals surface area contributed by atoms with E-state index in [0.29, 0.717) is 31.7 Å². The summed E-state index contributed by atoms with van der Waals surface area (Å²) < 4.78 is 13.0. The van der Waals surface area contributed by atoms with Gasteiger partial charge in [-0.05, 0) is 25.1 Å². The monoisotopic (exact) mass is 342 g/mol. The minimum Gasteiger partial charge on any atom is -0.488 e. The van der Waals surface area contributed by atoms with Gasteiger partial charge in [0.05, 0.1) is 19.3 Å². The molecule has 1 saturated heterocycles. The predicted octanol–water partition coefficient (Wildman–Crippen LogP) is 1.83. The third-order valence-electron chi connectivity index (χ3n) is 4.24. The molecule has 1 fully saturated rings. The molecule has 2 atom stereocenters. The molecule has 0 aliphatic carbocycles. The van der Waals surface area contributed by atoms with Crippen LogP contribution in [0.3, 0.4) is 0 Å². The van der Waals surface area contributed by atoms with Gasteiger partial charge in [-0.1, -0.05) is 18.2 Å². The normalized spacial score (nSPS) is 20.0. The summed E-state index contributed by atoms with van der Waals surface area (Å²) in [4.78, 5) is 24.4. The molecule has 0 unspecified atom stereocenters. The van der Waals surface area contributed by atoms with Gasteiger partial charge in [0.25, 0.3) is 11.5 Å². The highest BCUT2D eigenvalue weighted by atomic mass is 16.5. The quantitative estimate of drug-likeness (QED) is 0.900. The molecular formula is C19H22N2O4. The maximum Gasteiger partial charge on any atom is 0.251 e. The topological polar surface area (TPSA) is 69.6 Å². The summed E-state index contributed by atoms with van der Waals surface area (Å²) in [5.74, 6) is 0.469. The number of aromatic nitrogens is 1. The lowest BCUT2D eigenvalue weighted by molar-refractivity contribution is -0.00288. The van der Waals surface area contributed by atoms with E-state index in [4.69, 9.17) is 9.47 Å². The number of amides is 1. The summed E-state index contributed by atoms with van der Waals surface area (Å²) in [5, 5.41) is 2.93. The summed E-state index contributed by atoms with van der Waals surface area (Å²) >= 11 is 0. The Morgan fingerprint density at radius 2 is 2.12 bits per heavy atom. The molecule has 2 heterocycles. The Morgan fingerprint density at radius 1 is 1.32 bits per heavy atom. The second-order valence-electron chi connectivity index (χ2n) is 5.95. The summed E-state index contributed by atoms with van der Waals surface area (Å²) in [6.45, 7) is 3.43. The SMILES string of the molecule is CCn1ccc(C(=O)N[C@@H]2COCC[C@@H]2Oc2ccccc2)cc1=O. The summed E-state index contributed by atoms with van der Waals surface area (Å²) in [5.41, 5.74) is 0.158. The second-order valence-corrected chi connectivity index (χ2v) is 5.95. The number of nitrogens with zero attached hydrogens (tertiary/aromatic N) is 1. The van der Waals surface area contributed by atoms with Crippen molar-refractivity contribution in [3.63, 3.8) is 0 Å². The first-order chi connectivity index (χ1) is 12.2. The van der Waals surface area contributed by atoms with Gasteiger partial charge in [-0.2, -0.15) is 0 Å². The highest BCUT2D eigenvalue weighted by molar-refractivity contribution is 5.94. The Morgan fingerprint density at radius 3 is 2.84 bits per heavy atom. The van der Waals surface area contributed by atoms with Crippen LogP contribution in [0.5, 0.6) is 5.75 Å². The van der Waals surface area contributed by atoms with Crippen LogP contribution in [0, 0.1) is 0 Å². The fourth-order valence-electron chi connectivity index (χ4n) is 2.83. The van der Waals surface area contributed by atoms with E-state index in [9.17, 15) is 9.59 Å². The van der Waals surface area contributed by atoms with Gasteiger partial charge in [0.2, 0.25) is 0 Å². The van der Waals surface area contributed by atoms with Crippen molar-refractivity contribution in [2.75, 3.05) is 13.2 Å². The highest BCUT2D eigenvalue weighted by Gasteiger charge is 2.29.